The van der Waals surface area contributed by atoms with Gasteiger partial charge in [-0.15, -0.1) is 0 Å². The fraction of sp³-hybridized carbons (Fsp3) is 0.950. The van der Waals surface area contributed by atoms with Gasteiger partial charge >= 0.3 is 10.4 Å². The molecule has 9 saturated heterocycles. The van der Waals surface area contributed by atoms with Crippen LogP contribution in [-0.2, 0) is 109 Å². The lowest BCUT2D eigenvalue weighted by Crippen LogP contribution is -2.71. The van der Waals surface area contributed by atoms with Crippen LogP contribution in [0.2, 0.25) is 0 Å². The van der Waals surface area contributed by atoms with Crippen LogP contribution < -0.4 is 16.0 Å². The Morgan fingerprint density at radius 3 is 1.07 bits per heavy atom. The van der Waals surface area contributed by atoms with Crippen molar-refractivity contribution in [1.29, 1.82) is 0 Å². The third-order valence-corrected chi connectivity index (χ3v) is 20.6. The first-order valence-corrected chi connectivity index (χ1v) is 36.7. The van der Waals surface area contributed by atoms with Crippen LogP contribution in [0.15, 0.2) is 0 Å². The van der Waals surface area contributed by atoms with E-state index >= 15 is 0 Å². The van der Waals surface area contributed by atoms with Crippen LogP contribution >= 0.6 is 0 Å². The highest BCUT2D eigenvalue weighted by molar-refractivity contribution is 7.80. The number of aliphatic hydroxyl groups excluding tert-OH is 25. The number of ether oxygens (including phenoxy) is 17. The molecule has 0 aliphatic carbocycles. The number of nitrogens with one attached hydrogen (secondary N) is 3. The molecule has 113 heavy (non-hydrogen) atoms. The van der Waals surface area contributed by atoms with Crippen molar-refractivity contribution in [3.8, 4) is 0 Å². The van der Waals surface area contributed by atoms with Crippen molar-refractivity contribution in [3.05, 3.63) is 0 Å². The molecule has 0 aromatic carbocycles. The standard InChI is InChI=1S/C60H101N3O49S/c1-13(71)61-25-34(80)45(20(8-68)97-52(25)91)106-53-26(62-14(2)72)35(81)46(21(9-69)102-53)107-59-44(90)50(33(79)24(105-59)12-96-56-43(89)49(109-57-41(87)37(83)29(75)17(5-65)100-57)32(78)23(104-56)11-95-55-40(86)36(82)28(74)16(4-64)99-55)110-60-51(38(84)30(76)18(6-66)101-60)111-54-27(63-15(3)73)48(31(77)19(7-67)98-54)108-58-42(88)39(85)47(22(10-70)103-58)112-113(92,93)94/h16-60,64-70,74-91H,4-12H2,1-3H3,(H,61,71)(H,62,72)(H,63,73)(H,92,93,94)/t16-,17-,18-,19-,20-,21-,22-,23-,24-,25-,26-,27-,28-,29-,30-,31-,32-,33-,34-,35-,36+,37+,38+,39-,40+,41+,42-,43+,44+,45-,46-,47+,48-,49+,50+,51+,52-,53+,54+,55+,56+,57-,58+,59+,60-/m1/s1. The lowest BCUT2D eigenvalue weighted by atomic mass is 9.93. The van der Waals surface area contributed by atoms with Crippen molar-refractivity contribution < 1.29 is 240 Å². The van der Waals surface area contributed by atoms with Crippen molar-refractivity contribution in [2.24, 2.45) is 0 Å². The number of carbonyl (C=O) groups excluding carboxylic acids is 3. The Bertz CT molecular complexity index is 3110. The third kappa shape index (κ3) is 21.1. The summed E-state index contributed by atoms with van der Waals surface area (Å²) in [7, 11) is -5.44. The molecule has 0 bridgehead atoms. The van der Waals surface area contributed by atoms with Crippen LogP contribution in [0.1, 0.15) is 20.8 Å². The number of aliphatic hydroxyl groups is 25. The first-order valence-electron chi connectivity index (χ1n) is 35.3. The Kier molecular flexibility index (Phi) is 33.3. The van der Waals surface area contributed by atoms with Crippen LogP contribution in [0.4, 0.5) is 0 Å². The minimum absolute atomic E-state index is 0.802. The fourth-order valence-corrected chi connectivity index (χ4v) is 14.7. The molecule has 45 atom stereocenters. The number of rotatable bonds is 30. The molecule has 9 fully saturated rings. The van der Waals surface area contributed by atoms with Gasteiger partial charge in [0.25, 0.3) is 0 Å². The Hall–Kier alpha value is -3.40. The summed E-state index contributed by atoms with van der Waals surface area (Å²) in [5, 5.41) is 284. The average molecular weight is 1680 g/mol. The number of amides is 3. The fourth-order valence-electron chi connectivity index (χ4n) is 14.2. The Morgan fingerprint density at radius 2 is 0.566 bits per heavy atom. The first kappa shape index (κ1) is 93.5. The molecule has 52 nitrogen and oxygen atoms in total. The SMILES string of the molecule is CC(=O)N[C@@H]1[C@@H](O)[C@H](O[C@@H]2O[C@H](CO)[C@@H](O[C@@H]3O[C@H](CO[C@H]4O[C@H](CO[C@H]5O[C@H](CO)[C@@H](O)[C@H](O)[C@@H]5O)[C@@H](O)[C@H](O[C@H]5O[C@H](CO)[C@@H](O)[C@H](O)[C@@H]5O)[C@@H]4O)[C@@H](O)[C@H](O[C@H]4O[C@H](CO)[C@@H](O)[C@H](O)[C@@H]4O[C@@H]4O[C@H](CO)[C@@H](O)[C@H](O[C@@H]5O[C@H](CO)[C@H](OS(=O)(=O)O)[C@H](O)[C@H]5O)[C@H]4NC(C)=O)[C@@H]3O)[C@H](O)[C@H]2NC(C)=O)[C@@H](CO)O[C@H]1O. The zero-order valence-electron chi connectivity index (χ0n) is 59.8. The second-order valence-corrected chi connectivity index (χ2v) is 29.0. The molecule has 0 radical (unpaired) electrons. The zero-order valence-corrected chi connectivity index (χ0v) is 60.6. The summed E-state index contributed by atoms with van der Waals surface area (Å²) in [6.45, 7) is -7.38. The molecule has 0 spiro atoms. The quantitative estimate of drug-likeness (QED) is 0.0297. The van der Waals surface area contributed by atoms with Gasteiger partial charge < -0.3 is 224 Å². The normalized spacial score (nSPS) is 48.8. The van der Waals surface area contributed by atoms with Gasteiger partial charge in [-0.1, -0.05) is 0 Å². The summed E-state index contributed by atoms with van der Waals surface area (Å²) >= 11 is 0. The molecule has 656 valence electrons. The van der Waals surface area contributed by atoms with Crippen LogP contribution in [0.5, 0.6) is 0 Å². The highest BCUT2D eigenvalue weighted by Crippen LogP contribution is 2.40. The van der Waals surface area contributed by atoms with E-state index < -0.39 is 364 Å². The molecular formula is C60H101N3O49S. The largest absolute Gasteiger partial charge is 0.397 e. The minimum Gasteiger partial charge on any atom is -0.394 e. The number of carbonyl (C=O) groups is 3. The van der Waals surface area contributed by atoms with Gasteiger partial charge in [-0.25, -0.2) is 4.18 Å². The van der Waals surface area contributed by atoms with E-state index in [2.05, 4.69) is 20.1 Å². The van der Waals surface area contributed by atoms with E-state index in [-0.39, 0.29) is 0 Å². The van der Waals surface area contributed by atoms with Gasteiger partial charge in [-0.3, -0.25) is 18.9 Å². The molecule has 9 aliphatic heterocycles. The smallest absolute Gasteiger partial charge is 0.394 e. The van der Waals surface area contributed by atoms with E-state index in [9.17, 15) is 155 Å². The van der Waals surface area contributed by atoms with Crippen molar-refractivity contribution in [1.82, 2.24) is 16.0 Å². The zero-order chi connectivity index (χ0) is 83.4. The maximum absolute atomic E-state index is 13.1. The Balaban J connectivity index is 1.07. The molecule has 53 heteroatoms. The van der Waals surface area contributed by atoms with Crippen molar-refractivity contribution in [3.63, 3.8) is 0 Å². The minimum atomic E-state index is -5.44. The topological polar surface area (TPSA) is 814 Å². The van der Waals surface area contributed by atoms with E-state index in [4.69, 9.17) is 80.5 Å². The van der Waals surface area contributed by atoms with Crippen LogP contribution in [0.25, 0.3) is 0 Å². The molecule has 9 aliphatic rings. The average Bonchev–Trinajstić information content (AvgIpc) is 0.764. The highest BCUT2D eigenvalue weighted by atomic mass is 32.3. The molecule has 0 aromatic rings. The summed E-state index contributed by atoms with van der Waals surface area (Å²) in [6, 6.07) is -5.68. The molecule has 9 heterocycles. The molecular weight excluding hydrogens is 1580 g/mol. The lowest BCUT2D eigenvalue weighted by molar-refractivity contribution is -0.398. The van der Waals surface area contributed by atoms with E-state index in [1.54, 1.807) is 0 Å². The third-order valence-electron chi connectivity index (χ3n) is 20.1. The molecule has 0 saturated carbocycles. The molecule has 3 amide bonds. The predicted molar refractivity (Wildman–Crippen MR) is 342 cm³/mol. The maximum atomic E-state index is 13.1. The van der Waals surface area contributed by atoms with Gasteiger partial charge in [-0.05, 0) is 0 Å². The van der Waals surface area contributed by atoms with Gasteiger partial charge in [0.2, 0.25) is 17.7 Å². The van der Waals surface area contributed by atoms with Crippen molar-refractivity contribution >= 4 is 28.1 Å². The molecule has 0 unspecified atom stereocenters. The summed E-state index contributed by atoms with van der Waals surface area (Å²) in [5.41, 5.74) is 0. The second-order valence-electron chi connectivity index (χ2n) is 28.0. The molecule has 29 N–H and O–H groups in total. The number of hydrogen-bond donors (Lipinski definition) is 29. The van der Waals surface area contributed by atoms with Crippen LogP contribution in [-0.4, -0.2) is 494 Å². The highest BCUT2D eigenvalue weighted by Gasteiger charge is 2.61. The summed E-state index contributed by atoms with van der Waals surface area (Å²) in [6.07, 6.45) is -91.0. The first-order chi connectivity index (χ1) is 53.3. The van der Waals surface area contributed by atoms with Crippen LogP contribution in [0, 0.1) is 0 Å². The maximum Gasteiger partial charge on any atom is 0.397 e. The Morgan fingerprint density at radius 1 is 0.274 bits per heavy atom. The van der Waals surface area contributed by atoms with Crippen LogP contribution in [0.3, 0.4) is 0 Å². The van der Waals surface area contributed by atoms with Gasteiger partial charge in [0.15, 0.2) is 56.6 Å². The molecule has 9 rings (SSSR count). The van der Waals surface area contributed by atoms with E-state index in [1.807, 2.05) is 0 Å². The van der Waals surface area contributed by atoms with Gasteiger partial charge in [0.1, 0.15) is 220 Å². The van der Waals surface area contributed by atoms with Gasteiger partial charge in [-0.2, -0.15) is 8.42 Å². The van der Waals surface area contributed by atoms with Gasteiger partial charge in [0.05, 0.1) is 59.5 Å². The number of hydrogen-bond acceptors (Lipinski definition) is 48. The van der Waals surface area contributed by atoms with Gasteiger partial charge in [0, 0.05) is 20.8 Å². The Labute approximate surface area is 638 Å². The summed E-state index contributed by atoms with van der Waals surface area (Å²) < 4.78 is 137. The van der Waals surface area contributed by atoms with Crippen molar-refractivity contribution in [2.75, 3.05) is 59.5 Å². The lowest BCUT2D eigenvalue weighted by Gasteiger charge is -2.51. The van der Waals surface area contributed by atoms with E-state index in [1.165, 1.54) is 0 Å². The second kappa shape index (κ2) is 40.3. The van der Waals surface area contributed by atoms with E-state index in [0.29, 0.717) is 0 Å². The molecule has 0 aromatic heterocycles. The monoisotopic (exact) mass is 1680 g/mol. The van der Waals surface area contributed by atoms with E-state index in [0.717, 1.165) is 20.8 Å². The summed E-state index contributed by atoms with van der Waals surface area (Å²) in [5.74, 6) is -2.81. The summed E-state index contributed by atoms with van der Waals surface area (Å²) in [4.78, 5) is 38.2. The van der Waals surface area contributed by atoms with Crippen molar-refractivity contribution in [2.45, 2.75) is 297 Å². The predicted octanol–water partition coefficient (Wildman–Crippen LogP) is -20.4.